The zero-order valence-corrected chi connectivity index (χ0v) is 17.2. The maximum atomic E-state index is 11.5. The van der Waals surface area contributed by atoms with E-state index in [9.17, 15) is 25.9 Å². The van der Waals surface area contributed by atoms with Gasteiger partial charge in [0.2, 0.25) is 0 Å². The lowest BCUT2D eigenvalue weighted by atomic mass is 9.97. The van der Waals surface area contributed by atoms with Gasteiger partial charge in [0, 0.05) is 8.95 Å². The second-order valence-corrected chi connectivity index (χ2v) is 9.63. The van der Waals surface area contributed by atoms with Gasteiger partial charge in [-0.15, -0.1) is 0 Å². The minimum atomic E-state index is -4.46. The average molecular weight is 500 g/mol. The third-order valence-electron chi connectivity index (χ3n) is 3.40. The Hall–Kier alpha value is -0.780. The minimum absolute atomic E-state index is 0.191. The Labute approximate surface area is 156 Å². The average Bonchev–Trinajstić information content (AvgIpc) is 2.36. The molecule has 0 unspecified atom stereocenters. The molecule has 0 heterocycles. The fourth-order valence-electron chi connectivity index (χ4n) is 2.28. The molecule has 2 aromatic rings. The summed E-state index contributed by atoms with van der Waals surface area (Å²) in [5.41, 5.74) is 2.14. The van der Waals surface area contributed by atoms with Crippen LogP contribution in [0.25, 0.3) is 11.1 Å². The fourth-order valence-corrected chi connectivity index (χ4v) is 5.57. The highest BCUT2D eigenvalue weighted by Gasteiger charge is 2.21. The lowest BCUT2D eigenvalue weighted by molar-refractivity contribution is 0.480. The third-order valence-corrected chi connectivity index (χ3v) is 7.03. The van der Waals surface area contributed by atoms with Crippen LogP contribution in [0.1, 0.15) is 11.1 Å². The standard InChI is InChI=1S/C14H12Br2O6S2/c1-7-3-11(15)13(23(17,18)19)5-9(7)10-6-14(24(20,21)22)12(16)4-8(10)2/h3-6H,1-2H3,(H,17,18,19)(H,20,21,22). The summed E-state index contributed by atoms with van der Waals surface area (Å²) in [7, 11) is -8.93. The van der Waals surface area contributed by atoms with Crippen LogP contribution in [-0.4, -0.2) is 25.9 Å². The molecule has 10 heteroatoms. The van der Waals surface area contributed by atoms with E-state index in [0.717, 1.165) is 0 Å². The van der Waals surface area contributed by atoms with Gasteiger partial charge in [0.25, 0.3) is 20.2 Å². The lowest BCUT2D eigenvalue weighted by Crippen LogP contribution is -2.03. The van der Waals surface area contributed by atoms with Gasteiger partial charge in [-0.3, -0.25) is 9.11 Å². The number of rotatable bonds is 3. The van der Waals surface area contributed by atoms with Crippen molar-refractivity contribution in [2.24, 2.45) is 0 Å². The van der Waals surface area contributed by atoms with Gasteiger partial charge in [0.1, 0.15) is 9.79 Å². The van der Waals surface area contributed by atoms with E-state index in [4.69, 9.17) is 0 Å². The molecule has 24 heavy (non-hydrogen) atoms. The molecule has 0 atom stereocenters. The highest BCUT2D eigenvalue weighted by molar-refractivity contribution is 9.10. The first-order chi connectivity index (χ1) is 10.8. The molecule has 130 valence electrons. The van der Waals surface area contributed by atoms with Gasteiger partial charge in [-0.25, -0.2) is 0 Å². The molecule has 0 bridgehead atoms. The second kappa shape index (κ2) is 6.50. The second-order valence-electron chi connectivity index (χ2n) is 5.15. The Kier molecular flexibility index (Phi) is 5.30. The number of hydrogen-bond donors (Lipinski definition) is 2. The molecule has 0 amide bonds. The number of hydrogen-bond acceptors (Lipinski definition) is 4. The van der Waals surface area contributed by atoms with Crippen LogP contribution >= 0.6 is 31.9 Å². The number of halogens is 2. The summed E-state index contributed by atoms with van der Waals surface area (Å²) in [6.45, 7) is 3.42. The van der Waals surface area contributed by atoms with Crippen LogP contribution in [0.3, 0.4) is 0 Å². The van der Waals surface area contributed by atoms with Crippen LogP contribution in [0.4, 0.5) is 0 Å². The first-order valence-electron chi connectivity index (χ1n) is 6.38. The fraction of sp³-hybridized carbons (Fsp3) is 0.143. The van der Waals surface area contributed by atoms with E-state index in [-0.39, 0.29) is 18.7 Å². The van der Waals surface area contributed by atoms with E-state index in [1.807, 2.05) is 0 Å². The molecule has 0 radical (unpaired) electrons. The Morgan fingerprint density at radius 1 is 0.708 bits per heavy atom. The lowest BCUT2D eigenvalue weighted by Gasteiger charge is -2.14. The predicted molar refractivity (Wildman–Crippen MR) is 96.4 cm³/mol. The maximum Gasteiger partial charge on any atom is 0.295 e. The van der Waals surface area contributed by atoms with E-state index in [1.54, 1.807) is 13.8 Å². The molecule has 6 nitrogen and oxygen atoms in total. The van der Waals surface area contributed by atoms with Crippen LogP contribution in [0.2, 0.25) is 0 Å². The molecular weight excluding hydrogens is 488 g/mol. The van der Waals surface area contributed by atoms with E-state index in [1.165, 1.54) is 24.3 Å². The third kappa shape index (κ3) is 3.89. The van der Waals surface area contributed by atoms with E-state index >= 15 is 0 Å². The van der Waals surface area contributed by atoms with Gasteiger partial charge < -0.3 is 0 Å². The Balaban J connectivity index is 2.87. The summed E-state index contributed by atoms with van der Waals surface area (Å²) < 4.78 is 65.0. The molecule has 0 aliphatic heterocycles. The topological polar surface area (TPSA) is 109 Å². The van der Waals surface area contributed by atoms with Crippen LogP contribution in [-0.2, 0) is 20.2 Å². The predicted octanol–water partition coefficient (Wildman–Crippen LogP) is 3.99. The van der Waals surface area contributed by atoms with Gasteiger partial charge in [0.15, 0.2) is 0 Å². The first kappa shape index (κ1) is 19.5. The van der Waals surface area contributed by atoms with Crippen molar-refractivity contribution in [1.29, 1.82) is 0 Å². The van der Waals surface area contributed by atoms with E-state index < -0.39 is 20.2 Å². The highest BCUT2D eigenvalue weighted by atomic mass is 79.9. The zero-order chi connectivity index (χ0) is 18.4. The van der Waals surface area contributed by atoms with Crippen molar-refractivity contribution in [2.45, 2.75) is 23.6 Å². The molecule has 0 fully saturated rings. The van der Waals surface area contributed by atoms with Crippen molar-refractivity contribution in [3.05, 3.63) is 44.3 Å². The van der Waals surface area contributed by atoms with Gasteiger partial charge in [-0.05, 0) is 92.2 Å². The van der Waals surface area contributed by atoms with E-state index in [0.29, 0.717) is 22.3 Å². The van der Waals surface area contributed by atoms with Crippen molar-refractivity contribution in [1.82, 2.24) is 0 Å². The molecule has 2 rings (SSSR count). The smallest absolute Gasteiger partial charge is 0.282 e. The molecular formula is C14H12Br2O6S2. The van der Waals surface area contributed by atoms with Gasteiger partial charge in [-0.2, -0.15) is 16.8 Å². The number of benzene rings is 2. The minimum Gasteiger partial charge on any atom is -0.282 e. The summed E-state index contributed by atoms with van der Waals surface area (Å²) in [6, 6.07) is 5.51. The molecule has 2 aromatic carbocycles. The van der Waals surface area contributed by atoms with Crippen LogP contribution in [0, 0.1) is 13.8 Å². The van der Waals surface area contributed by atoms with Crippen molar-refractivity contribution in [3.63, 3.8) is 0 Å². The van der Waals surface area contributed by atoms with Gasteiger partial charge >= 0.3 is 0 Å². The van der Waals surface area contributed by atoms with Gasteiger partial charge in [-0.1, -0.05) is 0 Å². The Morgan fingerprint density at radius 2 is 1.00 bits per heavy atom. The molecule has 0 aromatic heterocycles. The first-order valence-corrected chi connectivity index (χ1v) is 10.8. The number of aryl methyl sites for hydroxylation is 2. The SMILES string of the molecule is Cc1cc(Br)c(S(=O)(=O)O)cc1-c1cc(S(=O)(=O)O)c(Br)cc1C. The molecule has 0 saturated carbocycles. The normalized spacial score (nSPS) is 12.4. The van der Waals surface area contributed by atoms with Crippen LogP contribution in [0.15, 0.2) is 43.0 Å². The maximum absolute atomic E-state index is 11.5. The Bertz CT molecular complexity index is 958. The molecule has 0 saturated heterocycles. The van der Waals surface area contributed by atoms with E-state index in [2.05, 4.69) is 31.9 Å². The highest BCUT2D eigenvalue weighted by Crippen LogP contribution is 2.36. The Morgan fingerprint density at radius 3 is 1.25 bits per heavy atom. The van der Waals surface area contributed by atoms with Gasteiger partial charge in [0.05, 0.1) is 0 Å². The summed E-state index contributed by atoms with van der Waals surface area (Å²) >= 11 is 6.17. The molecule has 0 aliphatic carbocycles. The quantitative estimate of drug-likeness (QED) is 0.618. The van der Waals surface area contributed by atoms with Crippen LogP contribution in [0.5, 0.6) is 0 Å². The van der Waals surface area contributed by atoms with Crippen molar-refractivity contribution in [3.8, 4) is 11.1 Å². The summed E-state index contributed by atoms with van der Waals surface area (Å²) in [5, 5.41) is 0. The van der Waals surface area contributed by atoms with Crippen LogP contribution < -0.4 is 0 Å². The van der Waals surface area contributed by atoms with Crippen molar-refractivity contribution >= 4 is 52.1 Å². The molecule has 0 aliphatic rings. The summed E-state index contributed by atoms with van der Waals surface area (Å²) in [6.07, 6.45) is 0. The largest absolute Gasteiger partial charge is 0.295 e. The zero-order valence-electron chi connectivity index (χ0n) is 12.4. The monoisotopic (exact) mass is 498 g/mol. The summed E-state index contributed by atoms with van der Waals surface area (Å²) in [5.74, 6) is 0. The van der Waals surface area contributed by atoms with Crippen molar-refractivity contribution in [2.75, 3.05) is 0 Å². The molecule has 0 spiro atoms. The molecule has 2 N–H and O–H groups in total. The van der Waals surface area contributed by atoms with Crippen molar-refractivity contribution < 1.29 is 25.9 Å². The summed E-state index contributed by atoms with van der Waals surface area (Å²) in [4.78, 5) is -0.669.